The minimum Gasteiger partial charge on any atom is -0.481 e. The average Bonchev–Trinajstić information content (AvgIpc) is 2.79. The van der Waals surface area contributed by atoms with Crippen molar-refractivity contribution in [3.8, 4) is 5.88 Å². The van der Waals surface area contributed by atoms with Crippen LogP contribution in [-0.2, 0) is 9.59 Å². The molecule has 1 aliphatic heterocycles. The molecule has 6 nitrogen and oxygen atoms in total. The zero-order chi connectivity index (χ0) is 16.2. The number of pyridine rings is 1. The number of carbonyl (C=O) groups is 2. The molecule has 1 aromatic heterocycles. The van der Waals surface area contributed by atoms with E-state index in [1.807, 2.05) is 24.3 Å². The minimum atomic E-state index is -0.482. The van der Waals surface area contributed by atoms with Crippen LogP contribution in [-0.4, -0.2) is 29.9 Å². The van der Waals surface area contributed by atoms with Crippen LogP contribution in [0.3, 0.4) is 0 Å². The van der Waals surface area contributed by atoms with Crippen molar-refractivity contribution in [2.24, 2.45) is 0 Å². The first-order chi connectivity index (χ1) is 11.2. The van der Waals surface area contributed by atoms with Gasteiger partial charge in [-0.25, -0.2) is 4.98 Å². The topological polar surface area (TPSA) is 80.3 Å². The van der Waals surface area contributed by atoms with Crippen LogP contribution in [0, 0.1) is 0 Å². The van der Waals surface area contributed by atoms with Gasteiger partial charge in [0.15, 0.2) is 0 Å². The molecule has 23 heavy (non-hydrogen) atoms. The molecular weight excluding hydrogens is 294 g/mol. The number of anilines is 1. The summed E-state index contributed by atoms with van der Waals surface area (Å²) in [4.78, 5) is 28.3. The van der Waals surface area contributed by atoms with Crippen molar-refractivity contribution >= 4 is 28.3 Å². The van der Waals surface area contributed by atoms with E-state index in [0.717, 1.165) is 23.6 Å². The molecule has 1 atom stereocenters. The Kier molecular flexibility index (Phi) is 4.41. The second-order valence-corrected chi connectivity index (χ2v) is 5.58. The van der Waals surface area contributed by atoms with Crippen LogP contribution in [0.15, 0.2) is 30.5 Å². The van der Waals surface area contributed by atoms with Crippen molar-refractivity contribution < 1.29 is 14.3 Å². The quantitative estimate of drug-likeness (QED) is 0.910. The summed E-state index contributed by atoms with van der Waals surface area (Å²) in [6, 6.07) is 6.92. The lowest BCUT2D eigenvalue weighted by atomic mass is 10.1. The highest BCUT2D eigenvalue weighted by Gasteiger charge is 2.23. The number of ether oxygens (including phenoxy) is 1. The van der Waals surface area contributed by atoms with E-state index in [1.165, 1.54) is 0 Å². The summed E-state index contributed by atoms with van der Waals surface area (Å²) < 4.78 is 5.25. The van der Waals surface area contributed by atoms with Crippen LogP contribution in [0.25, 0.3) is 10.8 Å². The molecular formula is C17H19N3O3. The van der Waals surface area contributed by atoms with E-state index in [0.29, 0.717) is 24.4 Å². The van der Waals surface area contributed by atoms with E-state index in [2.05, 4.69) is 15.6 Å². The first-order valence-corrected chi connectivity index (χ1v) is 7.71. The van der Waals surface area contributed by atoms with Crippen LogP contribution in [0.1, 0.15) is 25.7 Å². The molecule has 0 saturated carbocycles. The Hall–Kier alpha value is -2.63. The number of nitrogens with zero attached hydrogens (tertiary/aromatic N) is 1. The summed E-state index contributed by atoms with van der Waals surface area (Å²) in [5.41, 5.74) is 0.687. The van der Waals surface area contributed by atoms with E-state index in [4.69, 9.17) is 4.74 Å². The number of fused-ring (bicyclic) bond motifs is 1. The minimum absolute atomic E-state index is 0.0635. The lowest BCUT2D eigenvalue weighted by molar-refractivity contribution is -0.125. The van der Waals surface area contributed by atoms with Crippen LogP contribution in [0.4, 0.5) is 5.69 Å². The number of nitrogens with one attached hydrogen (secondary N) is 2. The smallest absolute Gasteiger partial charge is 0.246 e. The molecule has 6 heteroatoms. The zero-order valence-electron chi connectivity index (χ0n) is 13.0. The third-order valence-electron chi connectivity index (χ3n) is 4.02. The van der Waals surface area contributed by atoms with Gasteiger partial charge in [0.1, 0.15) is 6.04 Å². The van der Waals surface area contributed by atoms with Gasteiger partial charge in [-0.1, -0.05) is 12.5 Å². The third kappa shape index (κ3) is 3.26. The lowest BCUT2D eigenvalue weighted by Gasteiger charge is -2.17. The molecule has 3 rings (SSSR count). The highest BCUT2D eigenvalue weighted by atomic mass is 16.5. The molecule has 2 amide bonds. The predicted octanol–water partition coefficient (Wildman–Crippen LogP) is 2.24. The summed E-state index contributed by atoms with van der Waals surface area (Å²) in [5.74, 6) is 0.260. The van der Waals surface area contributed by atoms with Crippen molar-refractivity contribution in [3.63, 3.8) is 0 Å². The maximum Gasteiger partial charge on any atom is 0.246 e. The average molecular weight is 313 g/mol. The maximum atomic E-state index is 12.5. The predicted molar refractivity (Wildman–Crippen MR) is 87.3 cm³/mol. The lowest BCUT2D eigenvalue weighted by Crippen LogP contribution is -2.42. The Bertz CT molecular complexity index is 745. The third-order valence-corrected chi connectivity index (χ3v) is 4.02. The number of hydrogen-bond donors (Lipinski definition) is 2. The number of aromatic nitrogens is 1. The molecule has 1 saturated heterocycles. The Morgan fingerprint density at radius 2 is 2.17 bits per heavy atom. The second-order valence-electron chi connectivity index (χ2n) is 5.58. The van der Waals surface area contributed by atoms with Crippen molar-refractivity contribution in [2.75, 3.05) is 12.4 Å². The van der Waals surface area contributed by atoms with Crippen LogP contribution in [0.2, 0.25) is 0 Å². The number of benzene rings is 1. The number of hydrogen-bond acceptors (Lipinski definition) is 4. The molecule has 1 fully saturated rings. The Morgan fingerprint density at radius 3 is 3.00 bits per heavy atom. The van der Waals surface area contributed by atoms with Crippen LogP contribution >= 0.6 is 0 Å². The fourth-order valence-electron chi connectivity index (χ4n) is 2.84. The normalized spacial score (nSPS) is 18.1. The summed E-state index contributed by atoms with van der Waals surface area (Å²) in [6.07, 6.45) is 4.48. The first kappa shape index (κ1) is 15.3. The van der Waals surface area contributed by atoms with E-state index < -0.39 is 6.04 Å². The molecule has 2 aromatic rings. The van der Waals surface area contributed by atoms with E-state index >= 15 is 0 Å². The van der Waals surface area contributed by atoms with Gasteiger partial charge in [0, 0.05) is 29.1 Å². The molecule has 0 bridgehead atoms. The van der Waals surface area contributed by atoms with Gasteiger partial charge in [-0.05, 0) is 31.0 Å². The fourth-order valence-corrected chi connectivity index (χ4v) is 2.84. The Morgan fingerprint density at radius 1 is 1.30 bits per heavy atom. The highest BCUT2D eigenvalue weighted by molar-refractivity contribution is 6.05. The standard InChI is InChI=1S/C17H19N3O3/c1-23-17-12-5-4-7-13(11(12)9-10-18-17)20-16(22)14-6-2-3-8-15(21)19-14/h4-5,7,9-10,14H,2-3,6,8H2,1H3,(H,19,21)(H,20,22)/t14-/m1/s1. The van der Waals surface area contributed by atoms with Crippen LogP contribution < -0.4 is 15.4 Å². The summed E-state index contributed by atoms with van der Waals surface area (Å²) in [6.45, 7) is 0. The molecule has 0 aliphatic carbocycles. The van der Waals surface area contributed by atoms with Gasteiger partial charge >= 0.3 is 0 Å². The molecule has 0 spiro atoms. The largest absolute Gasteiger partial charge is 0.481 e. The van der Waals surface area contributed by atoms with E-state index in [-0.39, 0.29) is 11.8 Å². The monoisotopic (exact) mass is 313 g/mol. The number of methoxy groups -OCH3 is 1. The fraction of sp³-hybridized carbons (Fsp3) is 0.353. The van der Waals surface area contributed by atoms with Gasteiger partial charge in [-0.3, -0.25) is 9.59 Å². The van der Waals surface area contributed by atoms with Gasteiger partial charge in [0.05, 0.1) is 7.11 Å². The van der Waals surface area contributed by atoms with Gasteiger partial charge in [0.25, 0.3) is 0 Å². The van der Waals surface area contributed by atoms with Crippen molar-refractivity contribution in [3.05, 3.63) is 30.5 Å². The van der Waals surface area contributed by atoms with Crippen molar-refractivity contribution in [2.45, 2.75) is 31.7 Å². The molecule has 0 unspecified atom stereocenters. The SMILES string of the molecule is COc1nccc2c(NC(=O)[C@H]3CCCCC(=O)N3)cccc12. The molecule has 120 valence electrons. The summed E-state index contributed by atoms with van der Waals surface area (Å²) in [5, 5.41) is 7.38. The number of rotatable bonds is 3. The number of carbonyl (C=O) groups excluding carboxylic acids is 2. The Labute approximate surface area is 134 Å². The van der Waals surface area contributed by atoms with E-state index in [1.54, 1.807) is 13.3 Å². The molecule has 2 heterocycles. The molecule has 2 N–H and O–H groups in total. The zero-order valence-corrected chi connectivity index (χ0v) is 13.0. The number of amides is 2. The van der Waals surface area contributed by atoms with Crippen molar-refractivity contribution in [1.29, 1.82) is 0 Å². The second kappa shape index (κ2) is 6.64. The molecule has 1 aliphatic rings. The van der Waals surface area contributed by atoms with Gasteiger partial charge < -0.3 is 15.4 Å². The van der Waals surface area contributed by atoms with E-state index in [9.17, 15) is 9.59 Å². The summed E-state index contributed by atoms with van der Waals surface area (Å²) >= 11 is 0. The summed E-state index contributed by atoms with van der Waals surface area (Å²) in [7, 11) is 1.56. The van der Waals surface area contributed by atoms with Gasteiger partial charge in [0.2, 0.25) is 17.7 Å². The molecule has 1 aromatic carbocycles. The van der Waals surface area contributed by atoms with Crippen molar-refractivity contribution in [1.82, 2.24) is 10.3 Å². The highest BCUT2D eigenvalue weighted by Crippen LogP contribution is 2.29. The van der Waals surface area contributed by atoms with Gasteiger partial charge in [-0.15, -0.1) is 0 Å². The van der Waals surface area contributed by atoms with Gasteiger partial charge in [-0.2, -0.15) is 0 Å². The Balaban J connectivity index is 1.86. The maximum absolute atomic E-state index is 12.5. The first-order valence-electron chi connectivity index (χ1n) is 7.71. The van der Waals surface area contributed by atoms with Crippen LogP contribution in [0.5, 0.6) is 5.88 Å². The molecule has 0 radical (unpaired) electrons.